The summed E-state index contributed by atoms with van der Waals surface area (Å²) in [5.41, 5.74) is 8.13. The van der Waals surface area contributed by atoms with E-state index in [1.54, 1.807) is 10.7 Å². The molecule has 3 aromatic rings. The molecule has 0 bridgehead atoms. The van der Waals surface area contributed by atoms with Crippen LogP contribution < -0.4 is 5.73 Å². The van der Waals surface area contributed by atoms with E-state index in [1.165, 1.54) is 17.7 Å². The fraction of sp³-hybridized carbons (Fsp3) is 0.471. The van der Waals surface area contributed by atoms with Gasteiger partial charge >= 0.3 is 0 Å². The highest BCUT2D eigenvalue weighted by Crippen LogP contribution is 2.44. The topological polar surface area (TPSA) is 98.6 Å². The maximum atomic E-state index is 10.6. The molecule has 0 aliphatic carbocycles. The van der Waals surface area contributed by atoms with Crippen LogP contribution in [0.2, 0.25) is 0 Å². The zero-order chi connectivity index (χ0) is 17.6. The Labute approximate surface area is 149 Å². The first-order valence-electron chi connectivity index (χ1n) is 8.40. The Kier molecular flexibility index (Phi) is 3.98. The van der Waals surface area contributed by atoms with E-state index in [4.69, 9.17) is 10.5 Å². The summed E-state index contributed by atoms with van der Waals surface area (Å²) in [6.45, 7) is 4.18. The van der Waals surface area contributed by atoms with Gasteiger partial charge in [-0.2, -0.15) is 5.10 Å². The van der Waals surface area contributed by atoms with Gasteiger partial charge in [-0.15, -0.1) is 11.3 Å². The van der Waals surface area contributed by atoms with Gasteiger partial charge in [0.15, 0.2) is 5.82 Å². The van der Waals surface area contributed by atoms with Crippen LogP contribution in [0.3, 0.4) is 0 Å². The van der Waals surface area contributed by atoms with Gasteiger partial charge in [-0.3, -0.25) is 0 Å². The number of aliphatic hydroxyl groups excluding tert-OH is 1. The van der Waals surface area contributed by atoms with Crippen LogP contribution in [-0.2, 0) is 4.74 Å². The summed E-state index contributed by atoms with van der Waals surface area (Å²) in [6, 6.07) is 1.96. The van der Waals surface area contributed by atoms with Crippen molar-refractivity contribution in [3.63, 3.8) is 0 Å². The molecule has 1 saturated heterocycles. The molecule has 0 saturated carbocycles. The quantitative estimate of drug-likeness (QED) is 0.743. The summed E-state index contributed by atoms with van der Waals surface area (Å²) in [6.07, 6.45) is 4.64. The largest absolute Gasteiger partial charge is 0.390 e. The van der Waals surface area contributed by atoms with E-state index in [-0.39, 0.29) is 5.60 Å². The Balaban J connectivity index is 1.85. The fourth-order valence-corrected chi connectivity index (χ4v) is 4.40. The van der Waals surface area contributed by atoms with Crippen molar-refractivity contribution in [2.45, 2.75) is 50.9 Å². The number of hydrogen-bond acceptors (Lipinski definition) is 7. The van der Waals surface area contributed by atoms with E-state index < -0.39 is 12.2 Å². The van der Waals surface area contributed by atoms with E-state index in [9.17, 15) is 5.11 Å². The predicted molar refractivity (Wildman–Crippen MR) is 96.3 cm³/mol. The number of aliphatic hydroxyl groups is 1. The zero-order valence-corrected chi connectivity index (χ0v) is 15.0. The second-order valence-electron chi connectivity index (χ2n) is 6.74. The molecule has 3 unspecified atom stereocenters. The van der Waals surface area contributed by atoms with E-state index >= 15 is 0 Å². The van der Waals surface area contributed by atoms with E-state index in [0.717, 1.165) is 29.1 Å². The van der Waals surface area contributed by atoms with Gasteiger partial charge in [-0.05, 0) is 19.4 Å². The van der Waals surface area contributed by atoms with Gasteiger partial charge < -0.3 is 15.6 Å². The van der Waals surface area contributed by atoms with Crippen molar-refractivity contribution < 1.29 is 9.84 Å². The lowest BCUT2D eigenvalue weighted by Gasteiger charge is -2.23. The number of nitrogens with zero attached hydrogens (tertiary/aromatic N) is 4. The SMILES string of the molecule is CCCC1(C)CC(O)C(c2cc(-c3nccs3)c3c(N)ncnn23)O1. The summed E-state index contributed by atoms with van der Waals surface area (Å²) < 4.78 is 8.00. The maximum absolute atomic E-state index is 10.6. The number of aromatic nitrogens is 4. The monoisotopic (exact) mass is 359 g/mol. The molecule has 3 aromatic heterocycles. The number of hydrogen-bond donors (Lipinski definition) is 2. The van der Waals surface area contributed by atoms with Crippen LogP contribution >= 0.6 is 11.3 Å². The minimum absolute atomic E-state index is 0.330. The van der Waals surface area contributed by atoms with Crippen LogP contribution in [0.1, 0.15) is 44.9 Å². The van der Waals surface area contributed by atoms with Crippen molar-refractivity contribution in [1.82, 2.24) is 19.6 Å². The maximum Gasteiger partial charge on any atom is 0.152 e. The van der Waals surface area contributed by atoms with E-state index in [2.05, 4.69) is 28.9 Å². The number of nitrogens with two attached hydrogens (primary N) is 1. The summed E-state index contributed by atoms with van der Waals surface area (Å²) in [5, 5.41) is 17.8. The highest BCUT2D eigenvalue weighted by atomic mass is 32.1. The molecular weight excluding hydrogens is 338 g/mol. The first kappa shape index (κ1) is 16.4. The average Bonchev–Trinajstić information content (AvgIpc) is 3.26. The molecular formula is C17H21N5O2S. The zero-order valence-electron chi connectivity index (χ0n) is 14.2. The average molecular weight is 359 g/mol. The molecule has 7 nitrogen and oxygen atoms in total. The Bertz CT molecular complexity index is 894. The molecule has 1 fully saturated rings. The number of nitrogen functional groups attached to an aromatic ring is 1. The van der Waals surface area contributed by atoms with Crippen LogP contribution in [0, 0.1) is 0 Å². The summed E-state index contributed by atoms with van der Waals surface area (Å²) in [5.74, 6) is 0.384. The lowest BCUT2D eigenvalue weighted by atomic mass is 9.95. The second-order valence-corrected chi connectivity index (χ2v) is 7.63. The number of anilines is 1. The lowest BCUT2D eigenvalue weighted by molar-refractivity contribution is -0.0506. The van der Waals surface area contributed by atoms with Gasteiger partial charge in [0.05, 0.1) is 17.4 Å². The highest BCUT2D eigenvalue weighted by Gasteiger charge is 2.44. The first-order chi connectivity index (χ1) is 12.0. The number of ether oxygens (including phenoxy) is 1. The molecule has 1 aliphatic heterocycles. The molecule has 3 atom stereocenters. The summed E-state index contributed by atoms with van der Waals surface area (Å²) in [7, 11) is 0. The fourth-order valence-electron chi connectivity index (χ4n) is 3.74. The summed E-state index contributed by atoms with van der Waals surface area (Å²) in [4.78, 5) is 8.50. The van der Waals surface area contributed by atoms with Crippen molar-refractivity contribution in [1.29, 1.82) is 0 Å². The molecule has 0 spiro atoms. The van der Waals surface area contributed by atoms with Gasteiger partial charge in [0.25, 0.3) is 0 Å². The molecule has 25 heavy (non-hydrogen) atoms. The van der Waals surface area contributed by atoms with Crippen LogP contribution in [0.4, 0.5) is 5.82 Å². The Morgan fingerprint density at radius 3 is 3.04 bits per heavy atom. The highest BCUT2D eigenvalue weighted by molar-refractivity contribution is 7.13. The first-order valence-corrected chi connectivity index (χ1v) is 9.28. The van der Waals surface area contributed by atoms with Gasteiger partial charge in [0, 0.05) is 23.6 Å². The molecule has 8 heteroatoms. The molecule has 0 radical (unpaired) electrons. The third-order valence-electron chi connectivity index (χ3n) is 4.75. The molecule has 4 rings (SSSR count). The van der Waals surface area contributed by atoms with Crippen molar-refractivity contribution in [2.24, 2.45) is 0 Å². The molecule has 3 N–H and O–H groups in total. The van der Waals surface area contributed by atoms with Crippen LogP contribution in [0.5, 0.6) is 0 Å². The molecule has 0 amide bonds. The predicted octanol–water partition coefficient (Wildman–Crippen LogP) is 2.82. The standard InChI is InChI=1S/C17H21N5O2S/c1-3-4-17(2)8-12(23)14(24-17)11-7-10(16-19-5-6-25-16)13-15(18)20-9-21-22(11)13/h5-7,9,12,14,23H,3-4,8H2,1-2H3,(H2,18,20,21). The summed E-state index contributed by atoms with van der Waals surface area (Å²) >= 11 is 1.53. The smallest absolute Gasteiger partial charge is 0.152 e. The second kappa shape index (κ2) is 6.05. The molecule has 1 aliphatic rings. The van der Waals surface area contributed by atoms with Crippen LogP contribution in [0.15, 0.2) is 24.0 Å². The minimum atomic E-state index is -0.588. The van der Waals surface area contributed by atoms with Crippen molar-refractivity contribution in [2.75, 3.05) is 5.73 Å². The Morgan fingerprint density at radius 1 is 1.48 bits per heavy atom. The molecule has 132 valence electrons. The third-order valence-corrected chi connectivity index (χ3v) is 5.55. The van der Waals surface area contributed by atoms with Crippen LogP contribution in [-0.4, -0.2) is 36.4 Å². The van der Waals surface area contributed by atoms with Gasteiger partial charge in [0.2, 0.25) is 0 Å². The van der Waals surface area contributed by atoms with Crippen LogP contribution in [0.25, 0.3) is 16.1 Å². The van der Waals surface area contributed by atoms with Gasteiger partial charge in [-0.1, -0.05) is 13.3 Å². The van der Waals surface area contributed by atoms with Crippen molar-refractivity contribution in [3.8, 4) is 10.6 Å². The molecule has 4 heterocycles. The van der Waals surface area contributed by atoms with Crippen molar-refractivity contribution in [3.05, 3.63) is 29.7 Å². The van der Waals surface area contributed by atoms with Gasteiger partial charge in [-0.25, -0.2) is 14.5 Å². The number of thiazole rings is 1. The van der Waals surface area contributed by atoms with E-state index in [1.807, 2.05) is 11.4 Å². The van der Waals surface area contributed by atoms with Gasteiger partial charge in [0.1, 0.15) is 23.0 Å². The number of fused-ring (bicyclic) bond motifs is 1. The van der Waals surface area contributed by atoms with E-state index in [0.29, 0.717) is 17.8 Å². The Morgan fingerprint density at radius 2 is 2.32 bits per heavy atom. The third kappa shape index (κ3) is 2.70. The normalized spacial score (nSPS) is 26.5. The minimum Gasteiger partial charge on any atom is -0.390 e. The lowest BCUT2D eigenvalue weighted by Crippen LogP contribution is -2.23. The van der Waals surface area contributed by atoms with Crippen molar-refractivity contribution >= 4 is 22.7 Å². The number of rotatable bonds is 4. The Hall–Kier alpha value is -2.03. The molecule has 0 aromatic carbocycles.